The summed E-state index contributed by atoms with van der Waals surface area (Å²) in [5.74, 6) is 0.0710. The Balaban J connectivity index is 1.56. The Morgan fingerprint density at radius 1 is 1.06 bits per heavy atom. The summed E-state index contributed by atoms with van der Waals surface area (Å²) in [7, 11) is 0. The third-order valence-corrected chi connectivity index (χ3v) is 6.56. The predicted molar refractivity (Wildman–Crippen MR) is 138 cm³/mol. The summed E-state index contributed by atoms with van der Waals surface area (Å²) < 4.78 is 19.3. The van der Waals surface area contributed by atoms with Crippen molar-refractivity contribution in [3.05, 3.63) is 101 Å². The summed E-state index contributed by atoms with van der Waals surface area (Å²) in [4.78, 5) is 27.9. The van der Waals surface area contributed by atoms with Crippen molar-refractivity contribution in [1.29, 1.82) is 0 Å². The van der Waals surface area contributed by atoms with Crippen molar-refractivity contribution >= 4 is 11.8 Å². The number of hydrogen-bond donors (Lipinski definition) is 1. The van der Waals surface area contributed by atoms with Crippen LogP contribution in [0.15, 0.2) is 72.8 Å². The van der Waals surface area contributed by atoms with Gasteiger partial charge in [0.1, 0.15) is 11.6 Å². The number of hydrogen-bond acceptors (Lipinski definition) is 3. The van der Waals surface area contributed by atoms with Crippen molar-refractivity contribution in [2.75, 3.05) is 6.54 Å². The Bertz CT molecular complexity index is 1190. The molecule has 0 unspecified atom stereocenters. The van der Waals surface area contributed by atoms with Gasteiger partial charge in [-0.3, -0.25) is 9.59 Å². The molecule has 1 N–H and O–H groups in total. The van der Waals surface area contributed by atoms with Gasteiger partial charge in [-0.1, -0.05) is 69.3 Å². The van der Waals surface area contributed by atoms with Gasteiger partial charge < -0.3 is 15.0 Å². The van der Waals surface area contributed by atoms with Crippen molar-refractivity contribution < 1.29 is 18.7 Å². The van der Waals surface area contributed by atoms with Crippen LogP contribution in [0.2, 0.25) is 0 Å². The number of nitrogens with zero attached hydrogens (tertiary/aromatic N) is 1. The first-order valence-corrected chi connectivity index (χ1v) is 12.5. The fourth-order valence-electron chi connectivity index (χ4n) is 4.62. The SMILES string of the molecule is CC[C@@H](Oc1ccc2c(c1)[C@H](c1ccccc1)N(C(=O)C(C)C)CC2)C(=O)NCc1ccc(F)cc1. The molecule has 1 aliphatic heterocycles. The molecule has 0 aromatic heterocycles. The van der Waals surface area contributed by atoms with Crippen molar-refractivity contribution in [3.8, 4) is 5.75 Å². The van der Waals surface area contributed by atoms with Crippen LogP contribution < -0.4 is 10.1 Å². The first kappa shape index (κ1) is 25.4. The summed E-state index contributed by atoms with van der Waals surface area (Å²) >= 11 is 0. The van der Waals surface area contributed by atoms with E-state index >= 15 is 0 Å². The quantitative estimate of drug-likeness (QED) is 0.460. The van der Waals surface area contributed by atoms with Gasteiger partial charge in [-0.05, 0) is 59.4 Å². The molecule has 0 spiro atoms. The largest absolute Gasteiger partial charge is 0.481 e. The molecule has 2 atom stereocenters. The van der Waals surface area contributed by atoms with E-state index in [-0.39, 0.29) is 29.6 Å². The summed E-state index contributed by atoms with van der Waals surface area (Å²) in [5.41, 5.74) is 4.07. The minimum atomic E-state index is -0.671. The molecule has 6 heteroatoms. The van der Waals surface area contributed by atoms with Crippen LogP contribution in [-0.4, -0.2) is 29.4 Å². The Morgan fingerprint density at radius 2 is 1.78 bits per heavy atom. The molecular weight excluding hydrogens is 455 g/mol. The van der Waals surface area contributed by atoms with E-state index in [4.69, 9.17) is 4.74 Å². The van der Waals surface area contributed by atoms with Crippen molar-refractivity contribution in [3.63, 3.8) is 0 Å². The van der Waals surface area contributed by atoms with Crippen LogP contribution >= 0.6 is 0 Å². The normalized spacial score (nSPS) is 15.8. The highest BCUT2D eigenvalue weighted by molar-refractivity contribution is 5.81. The highest BCUT2D eigenvalue weighted by Crippen LogP contribution is 2.38. The zero-order valence-corrected chi connectivity index (χ0v) is 21.0. The van der Waals surface area contributed by atoms with Gasteiger partial charge in [0.2, 0.25) is 5.91 Å². The number of ether oxygens (including phenoxy) is 1. The first-order chi connectivity index (χ1) is 17.4. The van der Waals surface area contributed by atoms with Crippen LogP contribution in [0.4, 0.5) is 4.39 Å². The van der Waals surface area contributed by atoms with E-state index in [1.54, 1.807) is 12.1 Å². The number of benzene rings is 3. The molecule has 0 fully saturated rings. The van der Waals surface area contributed by atoms with Gasteiger partial charge >= 0.3 is 0 Å². The van der Waals surface area contributed by atoms with E-state index in [0.717, 1.165) is 23.1 Å². The minimum absolute atomic E-state index is 0.105. The molecule has 1 aliphatic rings. The number of carbonyl (C=O) groups is 2. The van der Waals surface area contributed by atoms with Crippen molar-refractivity contribution in [2.45, 2.75) is 52.3 Å². The van der Waals surface area contributed by atoms with E-state index in [0.29, 0.717) is 25.3 Å². The molecule has 0 radical (unpaired) electrons. The molecule has 0 saturated heterocycles. The molecule has 0 bridgehead atoms. The van der Waals surface area contributed by atoms with E-state index in [9.17, 15) is 14.0 Å². The fourth-order valence-corrected chi connectivity index (χ4v) is 4.62. The molecule has 3 aromatic rings. The van der Waals surface area contributed by atoms with Crippen LogP contribution in [-0.2, 0) is 22.6 Å². The number of rotatable bonds is 8. The average molecular weight is 489 g/mol. The van der Waals surface area contributed by atoms with E-state index in [2.05, 4.69) is 5.32 Å². The number of halogens is 1. The Hall–Kier alpha value is -3.67. The smallest absolute Gasteiger partial charge is 0.261 e. The van der Waals surface area contributed by atoms with E-state index in [1.807, 2.05) is 74.2 Å². The fraction of sp³-hybridized carbons (Fsp3) is 0.333. The molecular formula is C30H33FN2O3. The molecule has 0 saturated carbocycles. The molecule has 1 heterocycles. The molecule has 2 amide bonds. The van der Waals surface area contributed by atoms with Crippen LogP contribution in [0.25, 0.3) is 0 Å². The van der Waals surface area contributed by atoms with Crippen molar-refractivity contribution in [1.82, 2.24) is 10.2 Å². The highest BCUT2D eigenvalue weighted by Gasteiger charge is 2.33. The van der Waals surface area contributed by atoms with Gasteiger partial charge in [0.05, 0.1) is 6.04 Å². The molecule has 36 heavy (non-hydrogen) atoms. The molecule has 0 aliphatic carbocycles. The van der Waals surface area contributed by atoms with Crippen molar-refractivity contribution in [2.24, 2.45) is 5.92 Å². The van der Waals surface area contributed by atoms with Crippen LogP contribution in [0, 0.1) is 11.7 Å². The summed E-state index contributed by atoms with van der Waals surface area (Å²) in [6, 6.07) is 21.8. The Morgan fingerprint density at radius 3 is 2.44 bits per heavy atom. The second-order valence-electron chi connectivity index (χ2n) is 9.47. The third-order valence-electron chi connectivity index (χ3n) is 6.56. The van der Waals surface area contributed by atoms with E-state index in [1.165, 1.54) is 17.7 Å². The van der Waals surface area contributed by atoms with Gasteiger partial charge in [0.15, 0.2) is 6.10 Å². The van der Waals surface area contributed by atoms with Gasteiger partial charge in [-0.25, -0.2) is 4.39 Å². The third kappa shape index (κ3) is 5.76. The van der Waals surface area contributed by atoms with Gasteiger partial charge in [0.25, 0.3) is 5.91 Å². The summed E-state index contributed by atoms with van der Waals surface area (Å²) in [5, 5.41) is 2.88. The van der Waals surface area contributed by atoms with Crippen LogP contribution in [0.3, 0.4) is 0 Å². The zero-order chi connectivity index (χ0) is 25.7. The molecule has 4 rings (SSSR count). The number of nitrogens with one attached hydrogen (secondary N) is 1. The van der Waals surface area contributed by atoms with Gasteiger partial charge in [-0.2, -0.15) is 0 Å². The summed E-state index contributed by atoms with van der Waals surface area (Å²) in [6.45, 7) is 6.71. The Labute approximate surface area is 212 Å². The standard InChI is InChI=1S/C30H33FN2O3/c1-4-27(29(34)32-19-21-10-13-24(31)14-11-21)36-25-15-12-22-16-17-33(30(35)20(2)3)28(26(22)18-25)23-8-6-5-7-9-23/h5-15,18,20,27-28H,4,16-17,19H2,1-3H3,(H,32,34)/t27-,28+/m1/s1. The van der Waals surface area contributed by atoms with Crippen LogP contribution in [0.5, 0.6) is 5.75 Å². The second-order valence-corrected chi connectivity index (χ2v) is 9.47. The number of carbonyl (C=O) groups excluding carboxylic acids is 2. The maximum absolute atomic E-state index is 13.1. The highest BCUT2D eigenvalue weighted by atomic mass is 19.1. The molecule has 188 valence electrons. The number of fused-ring (bicyclic) bond motifs is 1. The maximum Gasteiger partial charge on any atom is 0.261 e. The monoisotopic (exact) mass is 488 g/mol. The molecule has 3 aromatic carbocycles. The van der Waals surface area contributed by atoms with Gasteiger partial charge in [0, 0.05) is 19.0 Å². The minimum Gasteiger partial charge on any atom is -0.481 e. The Kier molecular flexibility index (Phi) is 8.04. The lowest BCUT2D eigenvalue weighted by atomic mass is 9.87. The predicted octanol–water partition coefficient (Wildman–Crippen LogP) is 5.43. The van der Waals surface area contributed by atoms with E-state index < -0.39 is 6.10 Å². The topological polar surface area (TPSA) is 58.6 Å². The average Bonchev–Trinajstić information content (AvgIpc) is 2.90. The lowest BCUT2D eigenvalue weighted by Gasteiger charge is -2.39. The maximum atomic E-state index is 13.1. The zero-order valence-electron chi connectivity index (χ0n) is 21.0. The van der Waals surface area contributed by atoms with Gasteiger partial charge in [-0.15, -0.1) is 0 Å². The lowest BCUT2D eigenvalue weighted by molar-refractivity contribution is -0.136. The lowest BCUT2D eigenvalue weighted by Crippen LogP contribution is -2.42. The van der Waals surface area contributed by atoms with Crippen LogP contribution in [0.1, 0.15) is 55.5 Å². The second kappa shape index (κ2) is 11.4. The molecule has 5 nitrogen and oxygen atoms in total. The first-order valence-electron chi connectivity index (χ1n) is 12.5. The number of amides is 2. The summed E-state index contributed by atoms with van der Waals surface area (Å²) in [6.07, 6.45) is 0.592.